The molecule has 0 radical (unpaired) electrons. The minimum atomic E-state index is -4.23. The summed E-state index contributed by atoms with van der Waals surface area (Å²) < 4.78 is 33.0. The first-order valence-electron chi connectivity index (χ1n) is 9.11. The van der Waals surface area contributed by atoms with Crippen LogP contribution in [0.4, 0.5) is 0 Å². The molecule has 0 unspecified atom stereocenters. The molecule has 0 spiro atoms. The van der Waals surface area contributed by atoms with Crippen LogP contribution in [0, 0.1) is 0 Å². The minimum Gasteiger partial charge on any atom is -0.344 e. The molecule has 0 saturated heterocycles. The Bertz CT molecular complexity index is 369. The van der Waals surface area contributed by atoms with Gasteiger partial charge in [0.15, 0.2) is 0 Å². The normalized spacial score (nSPS) is 11.9. The predicted octanol–water partition coefficient (Wildman–Crippen LogP) is 2.08. The maximum absolute atomic E-state index is 10.2. The zero-order chi connectivity index (χ0) is 19.6. The van der Waals surface area contributed by atoms with E-state index in [1.54, 1.807) is 0 Å². The van der Waals surface area contributed by atoms with Crippen molar-refractivity contribution in [2.24, 2.45) is 5.73 Å². The van der Waals surface area contributed by atoms with Crippen LogP contribution in [0.25, 0.3) is 0 Å². The standard InChI is InChI=1S/C12H26O4S.C4H11NO3/c1-2-3-4-5-6-7-8-9-10-11-12-16-17(13,14)15;5-3-1-2-4(6,7)8/h2-12H2,1H3,(H,13,14,15);6-8H,1-3,5H2. The van der Waals surface area contributed by atoms with Crippen LogP contribution in [-0.4, -0.2) is 47.4 Å². The highest BCUT2D eigenvalue weighted by molar-refractivity contribution is 7.80. The zero-order valence-corrected chi connectivity index (χ0v) is 16.2. The molecule has 6 N–H and O–H groups in total. The summed E-state index contributed by atoms with van der Waals surface area (Å²) in [6, 6.07) is 0. The Kier molecular flexibility index (Phi) is 18.5. The molecule has 25 heavy (non-hydrogen) atoms. The number of hydrogen-bond donors (Lipinski definition) is 5. The fraction of sp³-hybridized carbons (Fsp3) is 1.00. The monoisotopic (exact) mass is 387 g/mol. The molecule has 0 aromatic carbocycles. The summed E-state index contributed by atoms with van der Waals surface area (Å²) in [5.74, 6) is -2.53. The molecule has 0 aromatic rings. The molecular weight excluding hydrogens is 350 g/mol. The predicted molar refractivity (Wildman–Crippen MR) is 97.0 cm³/mol. The summed E-state index contributed by atoms with van der Waals surface area (Å²) in [5, 5.41) is 24.6. The van der Waals surface area contributed by atoms with Gasteiger partial charge in [-0.25, -0.2) is 4.18 Å². The number of hydrogen-bond acceptors (Lipinski definition) is 7. The summed E-state index contributed by atoms with van der Waals surface area (Å²) in [5.41, 5.74) is 5.00. The van der Waals surface area contributed by atoms with Crippen LogP contribution in [-0.2, 0) is 14.6 Å². The molecule has 0 bridgehead atoms. The molecule has 8 nitrogen and oxygen atoms in total. The van der Waals surface area contributed by atoms with E-state index in [0.717, 1.165) is 12.8 Å². The summed E-state index contributed by atoms with van der Waals surface area (Å²) in [6.07, 6.45) is 12.2. The van der Waals surface area contributed by atoms with Crippen molar-refractivity contribution in [2.45, 2.75) is 89.9 Å². The summed E-state index contributed by atoms with van der Waals surface area (Å²) >= 11 is 0. The smallest absolute Gasteiger partial charge is 0.344 e. The molecular formula is C16H37NO7S. The van der Waals surface area contributed by atoms with Crippen molar-refractivity contribution < 1.29 is 32.5 Å². The largest absolute Gasteiger partial charge is 0.397 e. The molecule has 9 heteroatoms. The van der Waals surface area contributed by atoms with Crippen LogP contribution in [0.3, 0.4) is 0 Å². The highest BCUT2D eigenvalue weighted by Crippen LogP contribution is 2.10. The average molecular weight is 388 g/mol. The molecule has 0 aromatic heterocycles. The van der Waals surface area contributed by atoms with Gasteiger partial charge in [-0.3, -0.25) is 4.55 Å². The lowest BCUT2D eigenvalue weighted by Crippen LogP contribution is -2.27. The van der Waals surface area contributed by atoms with Crippen molar-refractivity contribution in [1.29, 1.82) is 0 Å². The lowest BCUT2D eigenvalue weighted by Gasteiger charge is -2.11. The fourth-order valence-corrected chi connectivity index (χ4v) is 2.42. The van der Waals surface area contributed by atoms with E-state index in [9.17, 15) is 8.42 Å². The van der Waals surface area contributed by atoms with Crippen molar-refractivity contribution >= 4 is 10.4 Å². The van der Waals surface area contributed by atoms with Crippen molar-refractivity contribution in [3.05, 3.63) is 0 Å². The summed E-state index contributed by atoms with van der Waals surface area (Å²) in [7, 11) is -4.23. The molecule has 0 aliphatic carbocycles. The highest BCUT2D eigenvalue weighted by Gasteiger charge is 2.15. The van der Waals surface area contributed by atoms with E-state index in [-0.39, 0.29) is 13.0 Å². The first-order chi connectivity index (χ1) is 11.6. The van der Waals surface area contributed by atoms with Gasteiger partial charge in [0, 0.05) is 6.42 Å². The van der Waals surface area contributed by atoms with Crippen molar-refractivity contribution in [2.75, 3.05) is 13.2 Å². The van der Waals surface area contributed by atoms with Gasteiger partial charge in [-0.1, -0.05) is 64.7 Å². The van der Waals surface area contributed by atoms with Crippen LogP contribution in [0.5, 0.6) is 0 Å². The SMILES string of the molecule is CCCCCCCCCCCCOS(=O)(=O)O.NCCCC(O)(O)O. The second-order valence-corrected chi connectivity index (χ2v) is 7.19. The molecule has 0 atom stereocenters. The third-order valence-electron chi connectivity index (χ3n) is 3.45. The van der Waals surface area contributed by atoms with E-state index >= 15 is 0 Å². The topological polar surface area (TPSA) is 150 Å². The molecule has 0 aliphatic heterocycles. The maximum atomic E-state index is 10.2. The van der Waals surface area contributed by atoms with Gasteiger partial charge in [-0.15, -0.1) is 0 Å². The molecule has 0 amide bonds. The van der Waals surface area contributed by atoms with E-state index in [1.807, 2.05) is 0 Å². The van der Waals surface area contributed by atoms with Gasteiger partial charge in [0.1, 0.15) is 0 Å². The van der Waals surface area contributed by atoms with Crippen LogP contribution >= 0.6 is 0 Å². The van der Waals surface area contributed by atoms with Crippen LogP contribution in [0.1, 0.15) is 84.0 Å². The lowest BCUT2D eigenvalue weighted by atomic mass is 10.1. The van der Waals surface area contributed by atoms with Gasteiger partial charge >= 0.3 is 10.4 Å². The maximum Gasteiger partial charge on any atom is 0.397 e. The average Bonchev–Trinajstić information content (AvgIpc) is 2.49. The second-order valence-electron chi connectivity index (χ2n) is 6.10. The third-order valence-corrected chi connectivity index (χ3v) is 3.91. The molecule has 154 valence electrons. The molecule has 0 heterocycles. The molecule has 0 rings (SSSR count). The van der Waals surface area contributed by atoms with E-state index in [4.69, 9.17) is 25.6 Å². The van der Waals surface area contributed by atoms with Crippen LogP contribution in [0.15, 0.2) is 0 Å². The highest BCUT2D eigenvalue weighted by atomic mass is 32.3. The number of unbranched alkanes of at least 4 members (excludes halogenated alkanes) is 9. The quantitative estimate of drug-likeness (QED) is 0.163. The van der Waals surface area contributed by atoms with Gasteiger partial charge in [-0.05, 0) is 19.4 Å². The number of aliphatic hydroxyl groups is 3. The molecule has 0 aliphatic rings. The Morgan fingerprint density at radius 1 is 0.840 bits per heavy atom. The van der Waals surface area contributed by atoms with E-state index < -0.39 is 16.4 Å². The number of nitrogens with two attached hydrogens (primary N) is 1. The first-order valence-corrected chi connectivity index (χ1v) is 10.5. The van der Waals surface area contributed by atoms with Gasteiger partial charge in [-0.2, -0.15) is 8.42 Å². The summed E-state index contributed by atoms with van der Waals surface area (Å²) in [4.78, 5) is 0. The van der Waals surface area contributed by atoms with Gasteiger partial charge in [0.25, 0.3) is 5.97 Å². The van der Waals surface area contributed by atoms with Crippen LogP contribution < -0.4 is 5.73 Å². The van der Waals surface area contributed by atoms with Crippen molar-refractivity contribution in [3.8, 4) is 0 Å². The summed E-state index contributed by atoms with van der Waals surface area (Å²) in [6.45, 7) is 2.66. The fourth-order valence-electron chi connectivity index (χ4n) is 2.09. The Hall–Kier alpha value is -0.290. The van der Waals surface area contributed by atoms with E-state index in [2.05, 4.69) is 11.1 Å². The molecule has 0 fully saturated rings. The Labute approximate surface area is 152 Å². The first kappa shape index (κ1) is 26.9. The number of rotatable bonds is 15. The van der Waals surface area contributed by atoms with E-state index in [0.29, 0.717) is 19.4 Å². The minimum absolute atomic E-state index is 0.0926. The third kappa shape index (κ3) is 31.9. The van der Waals surface area contributed by atoms with E-state index in [1.165, 1.54) is 44.9 Å². The van der Waals surface area contributed by atoms with Gasteiger partial charge in [0.05, 0.1) is 6.61 Å². The van der Waals surface area contributed by atoms with Gasteiger partial charge < -0.3 is 21.1 Å². The molecule has 0 saturated carbocycles. The van der Waals surface area contributed by atoms with Crippen LogP contribution in [0.2, 0.25) is 0 Å². The second kappa shape index (κ2) is 17.1. The van der Waals surface area contributed by atoms with Crippen molar-refractivity contribution in [3.63, 3.8) is 0 Å². The van der Waals surface area contributed by atoms with Gasteiger partial charge in [0.2, 0.25) is 0 Å². The zero-order valence-electron chi connectivity index (χ0n) is 15.4. The Morgan fingerprint density at radius 3 is 1.60 bits per heavy atom. The Morgan fingerprint density at radius 2 is 1.28 bits per heavy atom. The Balaban J connectivity index is 0. The van der Waals surface area contributed by atoms with Crippen molar-refractivity contribution in [1.82, 2.24) is 0 Å². The lowest BCUT2D eigenvalue weighted by molar-refractivity contribution is -0.314.